The summed E-state index contributed by atoms with van der Waals surface area (Å²) in [6, 6.07) is 7.36. The minimum atomic E-state index is -0.889. The molecule has 1 aromatic heterocycles. The van der Waals surface area contributed by atoms with Crippen LogP contribution in [0.5, 0.6) is 0 Å². The molecule has 0 saturated carbocycles. The summed E-state index contributed by atoms with van der Waals surface area (Å²) in [5, 5.41) is 0. The van der Waals surface area contributed by atoms with Crippen LogP contribution in [0, 0.1) is 18.6 Å². The van der Waals surface area contributed by atoms with Gasteiger partial charge in [0.15, 0.2) is 11.6 Å². The Labute approximate surface area is 122 Å². The molecule has 0 spiro atoms. The van der Waals surface area contributed by atoms with Gasteiger partial charge < -0.3 is 9.32 Å². The van der Waals surface area contributed by atoms with Crippen molar-refractivity contribution in [3.63, 3.8) is 0 Å². The molecule has 0 unspecified atom stereocenters. The first-order valence-electron chi connectivity index (χ1n) is 6.69. The van der Waals surface area contributed by atoms with Crippen LogP contribution in [0.25, 0.3) is 0 Å². The Morgan fingerprint density at radius 3 is 2.57 bits per heavy atom. The molecular formula is C16H17F2NO2. The minimum absolute atomic E-state index is 0.0752. The molecule has 0 fully saturated rings. The van der Waals surface area contributed by atoms with Gasteiger partial charge in [-0.25, -0.2) is 8.78 Å². The first kappa shape index (κ1) is 15.2. The lowest BCUT2D eigenvalue weighted by Gasteiger charge is -2.15. The van der Waals surface area contributed by atoms with E-state index in [2.05, 4.69) is 0 Å². The Kier molecular flexibility index (Phi) is 4.73. The lowest BCUT2D eigenvalue weighted by atomic mass is 10.1. The van der Waals surface area contributed by atoms with Crippen LogP contribution in [0.4, 0.5) is 8.78 Å². The number of aryl methyl sites for hydroxylation is 2. The SMILES string of the molecule is Cc1ccc(CN(C)C(=O)CCc2ccc(F)c(F)c2)o1. The fourth-order valence-electron chi connectivity index (χ4n) is 2.03. The van der Waals surface area contributed by atoms with Crippen LogP contribution in [0.2, 0.25) is 0 Å². The fraction of sp³-hybridized carbons (Fsp3) is 0.312. The molecule has 1 amide bonds. The summed E-state index contributed by atoms with van der Waals surface area (Å²) in [4.78, 5) is 13.5. The molecule has 1 aromatic carbocycles. The highest BCUT2D eigenvalue weighted by Crippen LogP contribution is 2.12. The normalized spacial score (nSPS) is 10.7. The summed E-state index contributed by atoms with van der Waals surface area (Å²) in [6.07, 6.45) is 0.610. The summed E-state index contributed by atoms with van der Waals surface area (Å²) in [6.45, 7) is 2.23. The molecular weight excluding hydrogens is 276 g/mol. The van der Waals surface area contributed by atoms with Gasteiger partial charge in [-0.15, -0.1) is 0 Å². The van der Waals surface area contributed by atoms with Crippen molar-refractivity contribution in [3.05, 3.63) is 59.1 Å². The molecule has 0 aliphatic rings. The van der Waals surface area contributed by atoms with Crippen LogP contribution in [0.1, 0.15) is 23.5 Å². The monoisotopic (exact) mass is 293 g/mol. The van der Waals surface area contributed by atoms with Gasteiger partial charge in [0.25, 0.3) is 0 Å². The minimum Gasteiger partial charge on any atom is -0.464 e. The molecule has 0 saturated heterocycles. The molecule has 21 heavy (non-hydrogen) atoms. The second kappa shape index (κ2) is 6.52. The molecule has 3 nitrogen and oxygen atoms in total. The van der Waals surface area contributed by atoms with Gasteiger partial charge in [-0.05, 0) is 43.2 Å². The van der Waals surface area contributed by atoms with Gasteiger partial charge in [0, 0.05) is 13.5 Å². The van der Waals surface area contributed by atoms with E-state index in [1.165, 1.54) is 6.07 Å². The first-order valence-corrected chi connectivity index (χ1v) is 6.69. The second-order valence-electron chi connectivity index (χ2n) is 5.01. The van der Waals surface area contributed by atoms with Crippen molar-refractivity contribution >= 4 is 5.91 Å². The number of halogens is 2. The van der Waals surface area contributed by atoms with Crippen LogP contribution in [0.3, 0.4) is 0 Å². The number of benzene rings is 1. The number of carbonyl (C=O) groups excluding carboxylic acids is 1. The van der Waals surface area contributed by atoms with Gasteiger partial charge in [-0.1, -0.05) is 6.07 Å². The Balaban J connectivity index is 1.87. The Hall–Kier alpha value is -2.17. The van der Waals surface area contributed by atoms with Crippen LogP contribution in [-0.4, -0.2) is 17.9 Å². The largest absolute Gasteiger partial charge is 0.464 e. The number of hydrogen-bond donors (Lipinski definition) is 0. The maximum atomic E-state index is 13.1. The third-order valence-corrected chi connectivity index (χ3v) is 3.23. The summed E-state index contributed by atoms with van der Waals surface area (Å²) < 4.78 is 31.3. The predicted octanol–water partition coefficient (Wildman–Crippen LogP) is 3.46. The zero-order valence-corrected chi connectivity index (χ0v) is 12.0. The van der Waals surface area contributed by atoms with Crippen LogP contribution in [0.15, 0.2) is 34.7 Å². The Morgan fingerprint density at radius 2 is 1.95 bits per heavy atom. The highest BCUT2D eigenvalue weighted by molar-refractivity contribution is 5.76. The second-order valence-corrected chi connectivity index (χ2v) is 5.01. The first-order chi connectivity index (χ1) is 9.95. The molecule has 5 heteroatoms. The van der Waals surface area contributed by atoms with Crippen molar-refractivity contribution in [2.24, 2.45) is 0 Å². The molecule has 0 aliphatic heterocycles. The van der Waals surface area contributed by atoms with E-state index in [1.807, 2.05) is 19.1 Å². The molecule has 2 aromatic rings. The van der Waals surface area contributed by atoms with Crippen molar-refractivity contribution < 1.29 is 18.0 Å². The summed E-state index contributed by atoms with van der Waals surface area (Å²) in [5.41, 5.74) is 0.601. The summed E-state index contributed by atoms with van der Waals surface area (Å²) >= 11 is 0. The van der Waals surface area contributed by atoms with E-state index < -0.39 is 11.6 Å². The van der Waals surface area contributed by atoms with E-state index in [1.54, 1.807) is 11.9 Å². The molecule has 112 valence electrons. The molecule has 0 bridgehead atoms. The van der Waals surface area contributed by atoms with Gasteiger partial charge >= 0.3 is 0 Å². The van der Waals surface area contributed by atoms with E-state index in [0.29, 0.717) is 18.5 Å². The average molecular weight is 293 g/mol. The third kappa shape index (κ3) is 4.15. The molecule has 0 N–H and O–H groups in total. The quantitative estimate of drug-likeness (QED) is 0.846. The van der Waals surface area contributed by atoms with Gasteiger partial charge in [-0.2, -0.15) is 0 Å². The number of amides is 1. The Morgan fingerprint density at radius 1 is 1.19 bits per heavy atom. The van der Waals surface area contributed by atoms with E-state index >= 15 is 0 Å². The predicted molar refractivity (Wildman–Crippen MR) is 74.6 cm³/mol. The molecule has 2 rings (SSSR count). The lowest BCUT2D eigenvalue weighted by molar-refractivity contribution is -0.130. The number of carbonyl (C=O) groups is 1. The Bertz CT molecular complexity index is 637. The van der Waals surface area contributed by atoms with Crippen molar-refractivity contribution in [1.82, 2.24) is 4.90 Å². The molecule has 0 atom stereocenters. The van der Waals surface area contributed by atoms with Crippen LogP contribution in [-0.2, 0) is 17.8 Å². The number of furan rings is 1. The van der Waals surface area contributed by atoms with Gasteiger partial charge in [0.05, 0.1) is 6.54 Å². The molecule has 0 aliphatic carbocycles. The van der Waals surface area contributed by atoms with Crippen molar-refractivity contribution in [2.75, 3.05) is 7.05 Å². The highest BCUT2D eigenvalue weighted by Gasteiger charge is 2.12. The number of rotatable bonds is 5. The van der Waals surface area contributed by atoms with Crippen molar-refractivity contribution in [3.8, 4) is 0 Å². The van der Waals surface area contributed by atoms with E-state index in [-0.39, 0.29) is 12.3 Å². The highest BCUT2D eigenvalue weighted by atomic mass is 19.2. The maximum Gasteiger partial charge on any atom is 0.223 e. The van der Waals surface area contributed by atoms with E-state index in [0.717, 1.165) is 23.7 Å². The van der Waals surface area contributed by atoms with Gasteiger partial charge in [0.1, 0.15) is 11.5 Å². The third-order valence-electron chi connectivity index (χ3n) is 3.23. The van der Waals surface area contributed by atoms with Gasteiger partial charge in [0.2, 0.25) is 5.91 Å². The molecule has 0 radical (unpaired) electrons. The zero-order valence-electron chi connectivity index (χ0n) is 12.0. The number of hydrogen-bond acceptors (Lipinski definition) is 2. The van der Waals surface area contributed by atoms with Crippen molar-refractivity contribution in [2.45, 2.75) is 26.3 Å². The van der Waals surface area contributed by atoms with E-state index in [9.17, 15) is 13.6 Å². The van der Waals surface area contributed by atoms with Gasteiger partial charge in [-0.3, -0.25) is 4.79 Å². The standard InChI is InChI=1S/C16H17F2NO2/c1-11-3-6-13(21-11)10-19(2)16(20)8-5-12-4-7-14(17)15(18)9-12/h3-4,6-7,9H,5,8,10H2,1-2H3. The lowest BCUT2D eigenvalue weighted by Crippen LogP contribution is -2.26. The topological polar surface area (TPSA) is 33.5 Å². The maximum absolute atomic E-state index is 13.1. The van der Waals surface area contributed by atoms with Crippen LogP contribution >= 0.6 is 0 Å². The average Bonchev–Trinajstić information content (AvgIpc) is 2.85. The summed E-state index contributed by atoms with van der Waals surface area (Å²) in [7, 11) is 1.69. The summed E-state index contributed by atoms with van der Waals surface area (Å²) in [5.74, 6) is -0.327. The fourth-order valence-corrected chi connectivity index (χ4v) is 2.03. The van der Waals surface area contributed by atoms with Crippen LogP contribution < -0.4 is 0 Å². The number of nitrogens with zero attached hydrogens (tertiary/aromatic N) is 1. The van der Waals surface area contributed by atoms with Crippen molar-refractivity contribution in [1.29, 1.82) is 0 Å². The van der Waals surface area contributed by atoms with E-state index in [4.69, 9.17) is 4.42 Å². The zero-order chi connectivity index (χ0) is 15.4. The molecule has 1 heterocycles. The smallest absolute Gasteiger partial charge is 0.223 e.